The van der Waals surface area contributed by atoms with Crippen LogP contribution in [0.5, 0.6) is 0 Å². The first-order valence-electron chi connectivity index (χ1n) is 4.56. The zero-order valence-corrected chi connectivity index (χ0v) is 8.49. The number of Topliss-reactive ketones (excluding diaryl/α,β-unsaturated/α-hetero) is 1. The third-order valence-corrected chi connectivity index (χ3v) is 4.14. The van der Waals surface area contributed by atoms with Crippen LogP contribution in [0.3, 0.4) is 0 Å². The number of rotatable bonds is 4. The van der Waals surface area contributed by atoms with Gasteiger partial charge in [0.2, 0.25) is 0 Å². The van der Waals surface area contributed by atoms with Gasteiger partial charge in [-0.3, -0.25) is 4.79 Å². The van der Waals surface area contributed by atoms with Gasteiger partial charge in [0.1, 0.15) is 11.5 Å². The van der Waals surface area contributed by atoms with Gasteiger partial charge in [-0.2, -0.15) is 0 Å². The minimum Gasteiger partial charge on any atom is -0.372 e. The van der Waals surface area contributed by atoms with E-state index in [1.807, 2.05) is 0 Å². The second-order valence-electron chi connectivity index (χ2n) is 3.07. The van der Waals surface area contributed by atoms with Crippen molar-refractivity contribution in [2.75, 3.05) is 30.5 Å². The second kappa shape index (κ2) is 5.60. The van der Waals surface area contributed by atoms with Gasteiger partial charge in [-0.15, -0.1) is 0 Å². The van der Waals surface area contributed by atoms with Gasteiger partial charge in [0.15, 0.2) is 11.5 Å². The average Bonchev–Trinajstić information content (AvgIpc) is 2.06. The number of ether oxygens (including phenoxy) is 1. The molecule has 0 atom stereocenters. The Morgan fingerprint density at radius 3 is 2.67 bits per heavy atom. The molecule has 1 fully saturated rings. The summed E-state index contributed by atoms with van der Waals surface area (Å²) in [6.45, 7) is 3.79. The van der Waals surface area contributed by atoms with Gasteiger partial charge in [-0.25, -0.2) is 0 Å². The fourth-order valence-corrected chi connectivity index (χ4v) is 3.08. The van der Waals surface area contributed by atoms with E-state index in [9.17, 15) is 4.79 Å². The fraction of sp³-hybridized carbons (Fsp3) is 0.889. The van der Waals surface area contributed by atoms with Crippen LogP contribution in [0.25, 0.3) is 0 Å². The van der Waals surface area contributed by atoms with E-state index >= 15 is 0 Å². The zero-order valence-electron chi connectivity index (χ0n) is 7.67. The Morgan fingerprint density at radius 1 is 1.42 bits per heavy atom. The Kier molecular flexibility index (Phi) is 4.69. The lowest BCUT2D eigenvalue weighted by Gasteiger charge is -2.13. The maximum atomic E-state index is 11.3. The van der Waals surface area contributed by atoms with Gasteiger partial charge in [-0.1, -0.05) is 6.92 Å². The largest absolute Gasteiger partial charge is 0.372 e. The number of carbonyl (C=O) groups excluding carboxylic acids is 1. The van der Waals surface area contributed by atoms with Crippen molar-refractivity contribution in [2.24, 2.45) is 0 Å². The quantitative estimate of drug-likeness (QED) is 0.617. The molecule has 70 valence electrons. The van der Waals surface area contributed by atoms with E-state index in [-0.39, 0.29) is 0 Å². The molecular weight excluding hydrogens is 172 g/mol. The van der Waals surface area contributed by atoms with E-state index in [4.69, 9.17) is 4.74 Å². The summed E-state index contributed by atoms with van der Waals surface area (Å²) >= 11 is 0. The van der Waals surface area contributed by atoms with E-state index in [1.165, 1.54) is 0 Å². The minimum atomic E-state index is 0.349. The average molecular weight is 189 g/mol. The summed E-state index contributed by atoms with van der Waals surface area (Å²) in [7, 11) is 0.349. The molecule has 1 rings (SSSR count). The Morgan fingerprint density at radius 2 is 2.08 bits per heavy atom. The monoisotopic (exact) mass is 189 g/mol. The molecule has 0 saturated carbocycles. The molecule has 0 amide bonds. The highest BCUT2D eigenvalue weighted by molar-refractivity contribution is 7.97. The summed E-state index contributed by atoms with van der Waals surface area (Å²) in [5, 5.41) is 0. The number of carbonyl (C=O) groups is 1. The molecule has 0 aromatic heterocycles. The van der Waals surface area contributed by atoms with Crippen molar-refractivity contribution in [3.05, 3.63) is 0 Å². The van der Waals surface area contributed by atoms with Gasteiger partial charge in [0, 0.05) is 6.42 Å². The summed E-state index contributed by atoms with van der Waals surface area (Å²) in [5.74, 6) is 3.48. The molecule has 12 heavy (non-hydrogen) atoms. The van der Waals surface area contributed by atoms with Gasteiger partial charge in [-0.05, 0) is 17.3 Å². The number of ketones is 1. The SMILES string of the molecule is CCCC(=O)C[S+]1CCOCC1. The van der Waals surface area contributed by atoms with Gasteiger partial charge in [0.05, 0.1) is 13.2 Å². The highest BCUT2D eigenvalue weighted by Crippen LogP contribution is 2.05. The van der Waals surface area contributed by atoms with E-state index < -0.39 is 0 Å². The molecule has 0 bridgehead atoms. The molecule has 0 unspecified atom stereocenters. The Hall–Kier alpha value is -0.0200. The maximum absolute atomic E-state index is 11.3. The lowest BCUT2D eigenvalue weighted by Crippen LogP contribution is -2.31. The lowest BCUT2D eigenvalue weighted by molar-refractivity contribution is -0.116. The summed E-state index contributed by atoms with van der Waals surface area (Å²) in [6, 6.07) is 0. The van der Waals surface area contributed by atoms with Crippen LogP contribution in [-0.4, -0.2) is 36.3 Å². The van der Waals surface area contributed by atoms with E-state index in [1.54, 1.807) is 0 Å². The first-order chi connectivity index (χ1) is 5.83. The normalized spacial score (nSPS) is 19.4. The van der Waals surface area contributed by atoms with E-state index in [0.29, 0.717) is 16.7 Å². The second-order valence-corrected chi connectivity index (χ2v) is 5.40. The van der Waals surface area contributed by atoms with Crippen LogP contribution in [0.2, 0.25) is 0 Å². The lowest BCUT2D eigenvalue weighted by atomic mass is 10.3. The van der Waals surface area contributed by atoms with Crippen molar-refractivity contribution in [1.29, 1.82) is 0 Å². The molecule has 0 N–H and O–H groups in total. The first kappa shape index (κ1) is 10.1. The molecule has 2 nitrogen and oxygen atoms in total. The summed E-state index contributed by atoms with van der Waals surface area (Å²) in [5.41, 5.74) is 0. The number of hydrogen-bond acceptors (Lipinski definition) is 2. The summed E-state index contributed by atoms with van der Waals surface area (Å²) < 4.78 is 5.24. The predicted octanol–water partition coefficient (Wildman–Crippen LogP) is 1.00. The molecule has 0 aromatic rings. The van der Waals surface area contributed by atoms with Gasteiger partial charge >= 0.3 is 0 Å². The minimum absolute atomic E-state index is 0.349. The first-order valence-corrected chi connectivity index (χ1v) is 6.29. The maximum Gasteiger partial charge on any atom is 0.181 e. The van der Waals surface area contributed by atoms with Crippen LogP contribution in [0.4, 0.5) is 0 Å². The molecule has 0 aliphatic carbocycles. The highest BCUT2D eigenvalue weighted by Gasteiger charge is 2.24. The molecule has 1 saturated heterocycles. The van der Waals surface area contributed by atoms with Crippen LogP contribution >= 0.6 is 0 Å². The van der Waals surface area contributed by atoms with Crippen LogP contribution in [-0.2, 0) is 20.4 Å². The zero-order chi connectivity index (χ0) is 8.81. The molecule has 1 aliphatic rings. The third kappa shape index (κ3) is 3.59. The Labute approximate surface area is 77.0 Å². The Balaban J connectivity index is 2.15. The fourth-order valence-electron chi connectivity index (χ4n) is 1.28. The molecule has 0 radical (unpaired) electrons. The van der Waals surface area contributed by atoms with Crippen LogP contribution in [0.15, 0.2) is 0 Å². The molecule has 0 spiro atoms. The van der Waals surface area contributed by atoms with Gasteiger partial charge in [0.25, 0.3) is 0 Å². The Bertz CT molecular complexity index is 141. The van der Waals surface area contributed by atoms with Crippen molar-refractivity contribution in [2.45, 2.75) is 19.8 Å². The topological polar surface area (TPSA) is 26.3 Å². The molecule has 0 aromatic carbocycles. The number of hydrogen-bond donors (Lipinski definition) is 0. The molecule has 1 aliphatic heterocycles. The molecular formula is C9H17O2S+. The molecule has 1 heterocycles. The van der Waals surface area contributed by atoms with Crippen molar-refractivity contribution < 1.29 is 9.53 Å². The smallest absolute Gasteiger partial charge is 0.181 e. The van der Waals surface area contributed by atoms with Gasteiger partial charge < -0.3 is 4.74 Å². The predicted molar refractivity (Wildman–Crippen MR) is 52.7 cm³/mol. The third-order valence-electron chi connectivity index (χ3n) is 1.93. The summed E-state index contributed by atoms with van der Waals surface area (Å²) in [4.78, 5) is 11.3. The molecule has 3 heteroatoms. The van der Waals surface area contributed by atoms with Crippen molar-refractivity contribution in [3.8, 4) is 0 Å². The van der Waals surface area contributed by atoms with Crippen LogP contribution < -0.4 is 0 Å². The van der Waals surface area contributed by atoms with E-state index in [2.05, 4.69) is 6.92 Å². The van der Waals surface area contributed by atoms with Crippen LogP contribution in [0, 0.1) is 0 Å². The van der Waals surface area contributed by atoms with Crippen LogP contribution in [0.1, 0.15) is 19.8 Å². The highest BCUT2D eigenvalue weighted by atomic mass is 32.2. The van der Waals surface area contributed by atoms with Crippen molar-refractivity contribution in [3.63, 3.8) is 0 Å². The van der Waals surface area contributed by atoms with Crippen molar-refractivity contribution in [1.82, 2.24) is 0 Å². The standard InChI is InChI=1S/C9H17O2S/c1-2-3-9(10)8-12-6-4-11-5-7-12/h2-8H2,1H3/q+1. The van der Waals surface area contributed by atoms with E-state index in [0.717, 1.165) is 43.3 Å². The summed E-state index contributed by atoms with van der Waals surface area (Å²) in [6.07, 6.45) is 1.76. The van der Waals surface area contributed by atoms with Crippen molar-refractivity contribution >= 4 is 16.7 Å².